The number of ether oxygens (including phenoxy) is 2. The van der Waals surface area contributed by atoms with Crippen molar-refractivity contribution in [3.63, 3.8) is 0 Å². The first kappa shape index (κ1) is 21.1. The maximum atomic E-state index is 5.82. The van der Waals surface area contributed by atoms with E-state index in [2.05, 4.69) is 53.6 Å². The molecule has 2 aliphatic rings. The van der Waals surface area contributed by atoms with Crippen LogP contribution in [0.4, 0.5) is 0 Å². The lowest BCUT2D eigenvalue weighted by Crippen LogP contribution is -2.51. The minimum atomic E-state index is 0. The van der Waals surface area contributed by atoms with Gasteiger partial charge in [0.25, 0.3) is 0 Å². The van der Waals surface area contributed by atoms with E-state index >= 15 is 0 Å². The van der Waals surface area contributed by atoms with Crippen LogP contribution in [-0.2, 0) is 5.54 Å². The molecule has 5 rings (SSSR count). The van der Waals surface area contributed by atoms with E-state index in [-0.39, 0.29) is 23.9 Å². The minimum Gasteiger partial charge on any atom is -0.493 e. The first-order chi connectivity index (χ1) is 14.2. The van der Waals surface area contributed by atoms with E-state index in [1.807, 2.05) is 6.07 Å². The molecule has 1 aliphatic carbocycles. The summed E-state index contributed by atoms with van der Waals surface area (Å²) in [6, 6.07) is 14.9. The standard InChI is InChI=1S/C25H30N2O2.ClH/c1-16-8-7-13-25(14-16)24-22(18-9-4-5-11-20(18)27-24)19(15-26-25)17-10-6-12-21(28-2)23(17)29-3;/h4-6,9-12,16,19,26-27H,7-8,13-15H2,1-3H3;1H. The minimum absolute atomic E-state index is 0. The number of benzene rings is 2. The molecule has 30 heavy (non-hydrogen) atoms. The average Bonchev–Trinajstić information content (AvgIpc) is 3.15. The lowest BCUT2D eigenvalue weighted by Gasteiger charge is -2.46. The van der Waals surface area contributed by atoms with Crippen LogP contribution in [0.5, 0.6) is 11.5 Å². The third-order valence-corrected chi connectivity index (χ3v) is 7.02. The zero-order valence-electron chi connectivity index (χ0n) is 18.0. The molecule has 5 heteroatoms. The number of hydrogen-bond acceptors (Lipinski definition) is 3. The van der Waals surface area contributed by atoms with Gasteiger partial charge in [-0.05, 0) is 36.5 Å². The first-order valence-corrected chi connectivity index (χ1v) is 10.7. The van der Waals surface area contributed by atoms with Gasteiger partial charge in [0.2, 0.25) is 0 Å². The van der Waals surface area contributed by atoms with Crippen LogP contribution in [0, 0.1) is 5.92 Å². The SMILES string of the molecule is COc1cccc(C2CNC3(CCCC(C)C3)c3[nH]c4ccccc4c32)c1OC.Cl. The Morgan fingerprint density at radius 1 is 1.03 bits per heavy atom. The number of halogens is 1. The summed E-state index contributed by atoms with van der Waals surface area (Å²) in [4.78, 5) is 3.83. The highest BCUT2D eigenvalue weighted by molar-refractivity contribution is 5.87. The molecule has 0 radical (unpaired) electrons. The normalized spacial score (nSPS) is 25.6. The smallest absolute Gasteiger partial charge is 0.164 e. The van der Waals surface area contributed by atoms with Crippen molar-refractivity contribution < 1.29 is 9.47 Å². The summed E-state index contributed by atoms with van der Waals surface area (Å²) in [6.07, 6.45) is 4.98. The van der Waals surface area contributed by atoms with Crippen molar-refractivity contribution in [3.05, 3.63) is 59.3 Å². The Hall–Kier alpha value is -2.17. The molecule has 0 amide bonds. The lowest BCUT2D eigenvalue weighted by molar-refractivity contribution is 0.171. The van der Waals surface area contributed by atoms with Gasteiger partial charge < -0.3 is 19.8 Å². The van der Waals surface area contributed by atoms with Crippen molar-refractivity contribution in [2.75, 3.05) is 20.8 Å². The Morgan fingerprint density at radius 2 is 1.87 bits per heavy atom. The van der Waals surface area contributed by atoms with Gasteiger partial charge in [0.05, 0.1) is 19.8 Å². The van der Waals surface area contributed by atoms with E-state index in [4.69, 9.17) is 9.47 Å². The topological polar surface area (TPSA) is 46.3 Å². The summed E-state index contributed by atoms with van der Waals surface area (Å²) in [5.74, 6) is 2.58. The summed E-state index contributed by atoms with van der Waals surface area (Å²) < 4.78 is 11.4. The zero-order chi connectivity index (χ0) is 20.0. The maximum absolute atomic E-state index is 5.82. The van der Waals surface area contributed by atoms with Gasteiger partial charge in [0.1, 0.15) is 0 Å². The Morgan fingerprint density at radius 3 is 2.63 bits per heavy atom. The quantitative estimate of drug-likeness (QED) is 0.560. The van der Waals surface area contributed by atoms with Crippen LogP contribution in [-0.4, -0.2) is 25.7 Å². The van der Waals surface area contributed by atoms with Gasteiger partial charge in [-0.25, -0.2) is 0 Å². The van der Waals surface area contributed by atoms with Crippen molar-refractivity contribution in [3.8, 4) is 11.5 Å². The van der Waals surface area contributed by atoms with E-state index in [0.29, 0.717) is 0 Å². The van der Waals surface area contributed by atoms with E-state index in [1.165, 1.54) is 53.4 Å². The number of aromatic nitrogens is 1. The predicted octanol–water partition coefficient (Wildman–Crippen LogP) is 5.75. The molecule has 2 heterocycles. The van der Waals surface area contributed by atoms with Gasteiger partial charge in [-0.3, -0.25) is 0 Å². The average molecular weight is 427 g/mol. The third kappa shape index (κ3) is 3.17. The van der Waals surface area contributed by atoms with E-state index < -0.39 is 0 Å². The van der Waals surface area contributed by atoms with Gasteiger partial charge in [-0.2, -0.15) is 0 Å². The highest BCUT2D eigenvalue weighted by Gasteiger charge is 2.45. The summed E-state index contributed by atoms with van der Waals surface area (Å²) >= 11 is 0. The molecule has 1 spiro atoms. The van der Waals surface area contributed by atoms with Crippen molar-refractivity contribution in [1.82, 2.24) is 10.3 Å². The van der Waals surface area contributed by atoms with Gasteiger partial charge >= 0.3 is 0 Å². The zero-order valence-corrected chi connectivity index (χ0v) is 18.8. The van der Waals surface area contributed by atoms with Crippen LogP contribution < -0.4 is 14.8 Å². The molecule has 160 valence electrons. The summed E-state index contributed by atoms with van der Waals surface area (Å²) in [5, 5.41) is 5.32. The molecule has 2 aromatic carbocycles. The van der Waals surface area contributed by atoms with Crippen LogP contribution in [0.2, 0.25) is 0 Å². The number of aromatic amines is 1. The van der Waals surface area contributed by atoms with Gasteiger partial charge in [-0.1, -0.05) is 50.1 Å². The van der Waals surface area contributed by atoms with E-state index in [9.17, 15) is 0 Å². The fraction of sp³-hybridized carbons (Fsp3) is 0.440. The number of fused-ring (bicyclic) bond motifs is 4. The number of H-pyrrole nitrogens is 1. The van der Waals surface area contributed by atoms with Crippen LogP contribution >= 0.6 is 12.4 Å². The Balaban J connectivity index is 0.00000218. The molecule has 3 unspecified atom stereocenters. The summed E-state index contributed by atoms with van der Waals surface area (Å²) in [6.45, 7) is 3.30. The van der Waals surface area contributed by atoms with Gasteiger partial charge in [0.15, 0.2) is 11.5 Å². The fourth-order valence-corrected chi connectivity index (χ4v) is 5.78. The Bertz CT molecular complexity index is 1050. The molecule has 3 atom stereocenters. The Labute approximate surface area is 184 Å². The van der Waals surface area contributed by atoms with E-state index in [0.717, 1.165) is 24.0 Å². The third-order valence-electron chi connectivity index (χ3n) is 7.02. The molecule has 0 bridgehead atoms. The second-order valence-corrected chi connectivity index (χ2v) is 8.76. The predicted molar refractivity (Wildman–Crippen MR) is 124 cm³/mol. The van der Waals surface area contributed by atoms with Crippen molar-refractivity contribution in [1.29, 1.82) is 0 Å². The highest BCUT2D eigenvalue weighted by Crippen LogP contribution is 2.50. The van der Waals surface area contributed by atoms with Crippen LogP contribution in [0.3, 0.4) is 0 Å². The van der Waals surface area contributed by atoms with Crippen molar-refractivity contribution in [2.24, 2.45) is 5.92 Å². The number of hydrogen-bond donors (Lipinski definition) is 2. The molecule has 2 N–H and O–H groups in total. The number of para-hydroxylation sites is 2. The molecule has 3 aromatic rings. The monoisotopic (exact) mass is 426 g/mol. The van der Waals surface area contributed by atoms with Crippen molar-refractivity contribution in [2.45, 2.75) is 44.1 Å². The molecule has 4 nitrogen and oxygen atoms in total. The molecule has 0 saturated heterocycles. The second-order valence-electron chi connectivity index (χ2n) is 8.76. The molecule has 1 fully saturated rings. The number of nitrogens with one attached hydrogen (secondary N) is 2. The summed E-state index contributed by atoms with van der Waals surface area (Å²) in [5.41, 5.74) is 5.27. The summed E-state index contributed by atoms with van der Waals surface area (Å²) in [7, 11) is 3.44. The second kappa shape index (κ2) is 8.16. The number of rotatable bonds is 3. The van der Waals surface area contributed by atoms with Crippen LogP contribution in [0.15, 0.2) is 42.5 Å². The van der Waals surface area contributed by atoms with Gasteiger partial charge in [0, 0.05) is 34.6 Å². The van der Waals surface area contributed by atoms with Crippen LogP contribution in [0.25, 0.3) is 10.9 Å². The largest absolute Gasteiger partial charge is 0.493 e. The van der Waals surface area contributed by atoms with E-state index in [1.54, 1.807) is 14.2 Å². The molecule has 1 saturated carbocycles. The molecular formula is C25H31ClN2O2. The van der Waals surface area contributed by atoms with Crippen molar-refractivity contribution >= 4 is 23.3 Å². The molecule has 1 aromatic heterocycles. The number of methoxy groups -OCH3 is 2. The molecule has 1 aliphatic heterocycles. The van der Waals surface area contributed by atoms with Crippen LogP contribution in [0.1, 0.15) is 55.3 Å². The highest BCUT2D eigenvalue weighted by atomic mass is 35.5. The lowest BCUT2D eigenvalue weighted by atomic mass is 9.69. The first-order valence-electron chi connectivity index (χ1n) is 10.7. The fourth-order valence-electron chi connectivity index (χ4n) is 5.78. The molecular weight excluding hydrogens is 396 g/mol. The Kier molecular flexibility index (Phi) is 5.73. The maximum Gasteiger partial charge on any atom is 0.164 e. The van der Waals surface area contributed by atoms with Gasteiger partial charge in [-0.15, -0.1) is 12.4 Å².